The minimum absolute atomic E-state index is 0.0887. The van der Waals surface area contributed by atoms with Crippen molar-refractivity contribution in [2.75, 3.05) is 11.9 Å². The Morgan fingerprint density at radius 3 is 2.64 bits per heavy atom. The van der Waals surface area contributed by atoms with Crippen LogP contribution in [0.4, 0.5) is 5.82 Å². The lowest BCUT2D eigenvalue weighted by Crippen LogP contribution is -2.46. The SMILES string of the molecule is CN=C(N)N(C(=N)N)c1cc(C)on1. The summed E-state index contributed by atoms with van der Waals surface area (Å²) in [6.07, 6.45) is 0. The molecule has 0 aliphatic heterocycles. The minimum Gasteiger partial charge on any atom is -0.369 e. The molecule has 0 unspecified atom stereocenters. The van der Waals surface area contributed by atoms with Gasteiger partial charge in [-0.25, -0.2) is 4.90 Å². The van der Waals surface area contributed by atoms with Crippen molar-refractivity contribution in [3.8, 4) is 0 Å². The smallest absolute Gasteiger partial charge is 0.203 e. The summed E-state index contributed by atoms with van der Waals surface area (Å²) in [5.41, 5.74) is 10.9. The molecule has 14 heavy (non-hydrogen) atoms. The van der Waals surface area contributed by atoms with E-state index in [1.165, 1.54) is 11.9 Å². The maximum atomic E-state index is 7.29. The number of guanidine groups is 2. The molecule has 0 saturated heterocycles. The number of nitrogens with zero attached hydrogens (tertiary/aromatic N) is 3. The second-order valence-electron chi connectivity index (χ2n) is 2.60. The van der Waals surface area contributed by atoms with Crippen LogP contribution >= 0.6 is 0 Å². The first kappa shape index (κ1) is 10.0. The van der Waals surface area contributed by atoms with Gasteiger partial charge in [-0.15, -0.1) is 0 Å². The van der Waals surface area contributed by atoms with E-state index >= 15 is 0 Å². The van der Waals surface area contributed by atoms with Crippen LogP contribution in [0.15, 0.2) is 15.6 Å². The van der Waals surface area contributed by atoms with Crippen molar-refractivity contribution in [1.29, 1.82) is 5.41 Å². The van der Waals surface area contributed by atoms with Crippen LogP contribution in [0.5, 0.6) is 0 Å². The number of hydrogen-bond donors (Lipinski definition) is 3. The Labute approximate surface area is 80.9 Å². The van der Waals surface area contributed by atoms with Crippen molar-refractivity contribution in [3.05, 3.63) is 11.8 Å². The van der Waals surface area contributed by atoms with Gasteiger partial charge in [0.25, 0.3) is 0 Å². The fourth-order valence-corrected chi connectivity index (χ4v) is 0.923. The predicted molar refractivity (Wildman–Crippen MR) is 53.2 cm³/mol. The maximum absolute atomic E-state index is 7.29. The summed E-state index contributed by atoms with van der Waals surface area (Å²) in [4.78, 5) is 4.89. The van der Waals surface area contributed by atoms with Crippen LogP contribution in [0.3, 0.4) is 0 Å². The number of anilines is 1. The molecule has 0 radical (unpaired) electrons. The van der Waals surface area contributed by atoms with Gasteiger partial charge in [0.1, 0.15) is 5.76 Å². The zero-order chi connectivity index (χ0) is 10.7. The third kappa shape index (κ3) is 1.82. The first-order valence-electron chi connectivity index (χ1n) is 3.86. The van der Waals surface area contributed by atoms with Crippen molar-refractivity contribution in [3.63, 3.8) is 0 Å². The van der Waals surface area contributed by atoms with Gasteiger partial charge >= 0.3 is 0 Å². The molecule has 0 aliphatic carbocycles. The summed E-state index contributed by atoms with van der Waals surface area (Å²) in [5, 5.41) is 11.0. The molecule has 7 nitrogen and oxygen atoms in total. The molecule has 7 heteroatoms. The molecule has 0 fully saturated rings. The number of nitrogens with two attached hydrogens (primary N) is 2. The van der Waals surface area contributed by atoms with E-state index in [9.17, 15) is 0 Å². The highest BCUT2D eigenvalue weighted by Crippen LogP contribution is 2.12. The molecule has 76 valence electrons. The van der Waals surface area contributed by atoms with Crippen LogP contribution in [-0.2, 0) is 0 Å². The highest BCUT2D eigenvalue weighted by molar-refractivity contribution is 6.14. The number of aryl methyl sites for hydroxylation is 1. The largest absolute Gasteiger partial charge is 0.369 e. The van der Waals surface area contributed by atoms with Gasteiger partial charge in [0.2, 0.25) is 11.9 Å². The number of hydrogen-bond acceptors (Lipinski definition) is 4. The zero-order valence-corrected chi connectivity index (χ0v) is 7.98. The van der Waals surface area contributed by atoms with Crippen LogP contribution in [-0.4, -0.2) is 24.1 Å². The van der Waals surface area contributed by atoms with Crippen LogP contribution in [0.2, 0.25) is 0 Å². The van der Waals surface area contributed by atoms with Gasteiger partial charge in [0.05, 0.1) is 0 Å². The molecular weight excluding hydrogens is 184 g/mol. The van der Waals surface area contributed by atoms with E-state index in [4.69, 9.17) is 21.4 Å². The lowest BCUT2D eigenvalue weighted by molar-refractivity contribution is 0.399. The van der Waals surface area contributed by atoms with Gasteiger partial charge in [-0.05, 0) is 6.92 Å². The third-order valence-electron chi connectivity index (χ3n) is 1.54. The van der Waals surface area contributed by atoms with Crippen molar-refractivity contribution in [2.24, 2.45) is 16.5 Å². The summed E-state index contributed by atoms with van der Waals surface area (Å²) in [6, 6.07) is 1.61. The number of aliphatic imine (C=N–C) groups is 1. The molecule has 0 aliphatic rings. The Bertz CT molecular complexity index is 368. The first-order valence-corrected chi connectivity index (χ1v) is 3.86. The number of rotatable bonds is 1. The van der Waals surface area contributed by atoms with E-state index in [0.29, 0.717) is 11.6 Å². The van der Waals surface area contributed by atoms with Crippen LogP contribution in [0, 0.1) is 12.3 Å². The monoisotopic (exact) mass is 196 g/mol. The summed E-state index contributed by atoms with van der Waals surface area (Å²) >= 11 is 0. The number of nitrogens with one attached hydrogen (secondary N) is 1. The van der Waals surface area contributed by atoms with E-state index < -0.39 is 0 Å². The molecule has 1 aromatic rings. The van der Waals surface area contributed by atoms with Gasteiger partial charge in [-0.2, -0.15) is 0 Å². The second-order valence-corrected chi connectivity index (χ2v) is 2.60. The Morgan fingerprint density at radius 1 is 1.64 bits per heavy atom. The van der Waals surface area contributed by atoms with E-state index in [-0.39, 0.29) is 11.9 Å². The quantitative estimate of drug-likeness (QED) is 0.418. The minimum atomic E-state index is -0.263. The summed E-state index contributed by atoms with van der Waals surface area (Å²) in [5.74, 6) is 0.778. The highest BCUT2D eigenvalue weighted by atomic mass is 16.5. The normalized spacial score (nSPS) is 11.4. The van der Waals surface area contributed by atoms with E-state index in [0.717, 1.165) is 0 Å². The Balaban J connectivity index is 3.06. The second kappa shape index (κ2) is 3.77. The molecular formula is C7H12N6O. The standard InChI is InChI=1S/C7H12N6O/c1-4-3-5(12-14-4)13(6(8)9)7(10)11-2/h3H,1-2H3,(H3,8,9)(H2,10,11). The molecule has 1 rings (SSSR count). The Morgan fingerprint density at radius 2 is 2.29 bits per heavy atom. The van der Waals surface area contributed by atoms with Crippen molar-refractivity contribution < 1.29 is 4.52 Å². The maximum Gasteiger partial charge on any atom is 0.203 e. The van der Waals surface area contributed by atoms with E-state index in [2.05, 4.69) is 10.1 Å². The molecule has 0 atom stereocenters. The van der Waals surface area contributed by atoms with Crippen LogP contribution < -0.4 is 16.4 Å². The summed E-state index contributed by atoms with van der Waals surface area (Å²) in [6.45, 7) is 1.73. The van der Waals surface area contributed by atoms with Crippen molar-refractivity contribution in [1.82, 2.24) is 5.16 Å². The molecule has 0 amide bonds. The summed E-state index contributed by atoms with van der Waals surface area (Å²) < 4.78 is 4.84. The molecule has 0 aromatic carbocycles. The number of aromatic nitrogens is 1. The fourth-order valence-electron chi connectivity index (χ4n) is 0.923. The third-order valence-corrected chi connectivity index (χ3v) is 1.54. The van der Waals surface area contributed by atoms with E-state index in [1.807, 2.05) is 0 Å². The van der Waals surface area contributed by atoms with Gasteiger partial charge in [-0.3, -0.25) is 10.4 Å². The first-order chi connectivity index (χ1) is 6.56. The Kier molecular flexibility index (Phi) is 2.70. The predicted octanol–water partition coefficient (Wildman–Crippen LogP) is -0.373. The lowest BCUT2D eigenvalue weighted by atomic mass is 10.4. The van der Waals surface area contributed by atoms with Gasteiger partial charge in [0, 0.05) is 13.1 Å². The average Bonchev–Trinajstić information content (AvgIpc) is 2.51. The van der Waals surface area contributed by atoms with Crippen molar-refractivity contribution in [2.45, 2.75) is 6.92 Å². The Hall–Kier alpha value is -2.05. The molecule has 0 saturated carbocycles. The fraction of sp³-hybridized carbons (Fsp3) is 0.286. The van der Waals surface area contributed by atoms with Crippen LogP contribution in [0.1, 0.15) is 5.76 Å². The van der Waals surface area contributed by atoms with E-state index in [1.54, 1.807) is 13.0 Å². The van der Waals surface area contributed by atoms with Crippen LogP contribution in [0.25, 0.3) is 0 Å². The highest BCUT2D eigenvalue weighted by Gasteiger charge is 2.17. The van der Waals surface area contributed by atoms with Crippen molar-refractivity contribution >= 4 is 17.7 Å². The summed E-state index contributed by atoms with van der Waals surface area (Å²) in [7, 11) is 1.50. The van der Waals surface area contributed by atoms with Gasteiger partial charge < -0.3 is 16.0 Å². The van der Waals surface area contributed by atoms with Gasteiger partial charge in [0.15, 0.2) is 5.82 Å². The topological polar surface area (TPSA) is 118 Å². The average molecular weight is 196 g/mol. The molecule has 0 spiro atoms. The molecule has 1 heterocycles. The molecule has 1 aromatic heterocycles. The zero-order valence-electron chi connectivity index (χ0n) is 7.98. The molecule has 0 bridgehead atoms. The lowest BCUT2D eigenvalue weighted by Gasteiger charge is -2.16. The molecule has 5 N–H and O–H groups in total. The van der Waals surface area contributed by atoms with Gasteiger partial charge in [-0.1, -0.05) is 5.16 Å².